The number of carbonyl (C=O) groups is 2. The molecule has 0 unspecified atom stereocenters. The van der Waals surface area contributed by atoms with E-state index >= 15 is 0 Å². The van der Waals surface area contributed by atoms with Gasteiger partial charge in [0.1, 0.15) is 11.3 Å². The molecule has 5 nitrogen and oxygen atoms in total. The molecule has 16 heavy (non-hydrogen) atoms. The van der Waals surface area contributed by atoms with Gasteiger partial charge < -0.3 is 4.42 Å². The van der Waals surface area contributed by atoms with Gasteiger partial charge in [-0.1, -0.05) is 12.1 Å². The summed E-state index contributed by atoms with van der Waals surface area (Å²) < 4.78 is 5.27. The van der Waals surface area contributed by atoms with Crippen LogP contribution in [0.3, 0.4) is 0 Å². The molecule has 82 valence electrons. The van der Waals surface area contributed by atoms with Crippen LogP contribution in [0.25, 0.3) is 11.1 Å². The van der Waals surface area contributed by atoms with Crippen LogP contribution < -0.4 is 5.32 Å². The Morgan fingerprint density at radius 1 is 1.38 bits per heavy atom. The quantitative estimate of drug-likeness (QED) is 0.796. The molecule has 0 spiro atoms. The average molecular weight is 218 g/mol. The van der Waals surface area contributed by atoms with E-state index in [0.29, 0.717) is 11.1 Å². The number of nitrogens with zero attached hydrogens (tertiary/aromatic N) is 1. The third kappa shape index (κ3) is 2.25. The Kier molecular flexibility index (Phi) is 2.68. The monoisotopic (exact) mass is 218 g/mol. The van der Waals surface area contributed by atoms with Gasteiger partial charge in [-0.2, -0.15) is 4.98 Å². The van der Waals surface area contributed by atoms with Crippen LogP contribution in [0.1, 0.15) is 13.3 Å². The van der Waals surface area contributed by atoms with Crippen LogP contribution >= 0.6 is 0 Å². The summed E-state index contributed by atoms with van der Waals surface area (Å²) in [4.78, 5) is 26.0. The zero-order valence-electron chi connectivity index (χ0n) is 8.69. The van der Waals surface area contributed by atoms with Gasteiger partial charge in [-0.15, -0.1) is 0 Å². The number of carbonyl (C=O) groups excluding carboxylic acids is 2. The highest BCUT2D eigenvalue weighted by Crippen LogP contribution is 2.17. The molecule has 1 N–H and O–H groups in total. The molecule has 5 heteroatoms. The molecule has 0 saturated carbocycles. The third-order valence-corrected chi connectivity index (χ3v) is 1.95. The van der Waals surface area contributed by atoms with E-state index in [1.807, 2.05) is 12.1 Å². The molecule has 0 fully saturated rings. The number of ketones is 1. The van der Waals surface area contributed by atoms with Gasteiger partial charge in [0.2, 0.25) is 5.91 Å². The standard InChI is InChI=1S/C11H10N2O3/c1-7(14)6-10(15)13-11-12-8-4-2-3-5-9(8)16-11/h2-5H,6H2,1H3,(H,12,13,15). The number of benzene rings is 1. The molecule has 0 bridgehead atoms. The Bertz CT molecular complexity index is 512. The van der Waals surface area contributed by atoms with Gasteiger partial charge in [-0.3, -0.25) is 14.9 Å². The minimum atomic E-state index is -0.418. The predicted molar refractivity (Wildman–Crippen MR) is 57.9 cm³/mol. The molecular weight excluding hydrogens is 208 g/mol. The van der Waals surface area contributed by atoms with E-state index in [2.05, 4.69) is 10.3 Å². The van der Waals surface area contributed by atoms with Crippen molar-refractivity contribution in [1.82, 2.24) is 4.98 Å². The average Bonchev–Trinajstić information content (AvgIpc) is 2.57. The fraction of sp³-hybridized carbons (Fsp3) is 0.182. The zero-order valence-corrected chi connectivity index (χ0v) is 8.69. The second kappa shape index (κ2) is 4.14. The van der Waals surface area contributed by atoms with Gasteiger partial charge in [0.05, 0.1) is 6.42 Å². The smallest absolute Gasteiger partial charge is 0.302 e. The Hall–Kier alpha value is -2.17. The summed E-state index contributed by atoms with van der Waals surface area (Å²) in [6, 6.07) is 7.29. The number of aromatic nitrogens is 1. The van der Waals surface area contributed by atoms with Crippen molar-refractivity contribution in [2.24, 2.45) is 0 Å². The van der Waals surface area contributed by atoms with Crippen molar-refractivity contribution in [3.63, 3.8) is 0 Å². The number of Topliss-reactive ketones (excluding diaryl/α,β-unsaturated/α-hetero) is 1. The van der Waals surface area contributed by atoms with Crippen molar-refractivity contribution in [1.29, 1.82) is 0 Å². The number of rotatable bonds is 3. The Balaban J connectivity index is 2.15. The van der Waals surface area contributed by atoms with E-state index in [4.69, 9.17) is 4.42 Å². The molecule has 1 aromatic carbocycles. The number of nitrogens with one attached hydrogen (secondary N) is 1. The van der Waals surface area contributed by atoms with Crippen LogP contribution in [-0.4, -0.2) is 16.7 Å². The van der Waals surface area contributed by atoms with Crippen LogP contribution in [0.4, 0.5) is 6.01 Å². The Morgan fingerprint density at radius 2 is 2.12 bits per heavy atom. The first-order valence-corrected chi connectivity index (χ1v) is 4.80. The van der Waals surface area contributed by atoms with E-state index in [1.54, 1.807) is 12.1 Å². The second-order valence-electron chi connectivity index (χ2n) is 3.41. The number of anilines is 1. The van der Waals surface area contributed by atoms with E-state index in [9.17, 15) is 9.59 Å². The lowest BCUT2D eigenvalue weighted by atomic mass is 10.3. The van der Waals surface area contributed by atoms with Crippen molar-refractivity contribution < 1.29 is 14.0 Å². The summed E-state index contributed by atoms with van der Waals surface area (Å²) in [5.41, 5.74) is 1.27. The number of amides is 1. The lowest BCUT2D eigenvalue weighted by Gasteiger charge is -1.96. The summed E-state index contributed by atoms with van der Waals surface area (Å²) in [5.74, 6) is -0.618. The summed E-state index contributed by atoms with van der Waals surface area (Å²) >= 11 is 0. The largest absolute Gasteiger partial charge is 0.423 e. The van der Waals surface area contributed by atoms with E-state index < -0.39 is 5.91 Å². The van der Waals surface area contributed by atoms with E-state index in [1.165, 1.54) is 6.92 Å². The lowest BCUT2D eigenvalue weighted by molar-refractivity contribution is -0.124. The Morgan fingerprint density at radius 3 is 2.81 bits per heavy atom. The molecule has 0 aliphatic carbocycles. The van der Waals surface area contributed by atoms with Crippen LogP contribution in [0, 0.1) is 0 Å². The van der Waals surface area contributed by atoms with Gasteiger partial charge in [-0.25, -0.2) is 0 Å². The number of hydrogen-bond donors (Lipinski definition) is 1. The molecular formula is C11H10N2O3. The van der Waals surface area contributed by atoms with Gasteiger partial charge in [-0.05, 0) is 19.1 Å². The minimum absolute atomic E-state index is 0.118. The molecule has 0 aliphatic heterocycles. The molecule has 1 amide bonds. The molecule has 0 aliphatic rings. The van der Waals surface area contributed by atoms with E-state index in [0.717, 1.165) is 0 Å². The van der Waals surface area contributed by atoms with Gasteiger partial charge in [0, 0.05) is 0 Å². The van der Waals surface area contributed by atoms with Crippen molar-refractivity contribution >= 4 is 28.8 Å². The van der Waals surface area contributed by atoms with Crippen LogP contribution in [0.5, 0.6) is 0 Å². The lowest BCUT2D eigenvalue weighted by Crippen LogP contribution is -2.14. The third-order valence-electron chi connectivity index (χ3n) is 1.95. The van der Waals surface area contributed by atoms with Crippen LogP contribution in [-0.2, 0) is 9.59 Å². The summed E-state index contributed by atoms with van der Waals surface area (Å²) in [7, 11) is 0. The first-order valence-electron chi connectivity index (χ1n) is 4.80. The summed E-state index contributed by atoms with van der Waals surface area (Å²) in [6.07, 6.45) is -0.168. The van der Waals surface area contributed by atoms with E-state index in [-0.39, 0.29) is 18.2 Å². The summed E-state index contributed by atoms with van der Waals surface area (Å²) in [6.45, 7) is 1.35. The molecule has 0 radical (unpaired) electrons. The fourth-order valence-electron chi connectivity index (χ4n) is 1.32. The maximum atomic E-state index is 11.3. The highest BCUT2D eigenvalue weighted by molar-refractivity contribution is 6.02. The van der Waals surface area contributed by atoms with Gasteiger partial charge >= 0.3 is 6.01 Å². The number of oxazole rings is 1. The van der Waals surface area contributed by atoms with Crippen LogP contribution in [0.2, 0.25) is 0 Å². The normalized spacial score (nSPS) is 10.3. The maximum absolute atomic E-state index is 11.3. The maximum Gasteiger partial charge on any atom is 0.302 e. The zero-order chi connectivity index (χ0) is 11.5. The minimum Gasteiger partial charge on any atom is -0.423 e. The number of para-hydroxylation sites is 2. The predicted octanol–water partition coefficient (Wildman–Crippen LogP) is 1.75. The fourth-order valence-corrected chi connectivity index (χ4v) is 1.32. The second-order valence-corrected chi connectivity index (χ2v) is 3.41. The first kappa shape index (κ1) is 10.4. The molecule has 0 saturated heterocycles. The Labute approximate surface area is 91.5 Å². The summed E-state index contributed by atoms with van der Waals surface area (Å²) in [5, 5.41) is 2.43. The number of fused-ring (bicyclic) bond motifs is 1. The highest BCUT2D eigenvalue weighted by Gasteiger charge is 2.10. The molecule has 2 aromatic rings. The molecule has 1 aromatic heterocycles. The highest BCUT2D eigenvalue weighted by atomic mass is 16.4. The molecule has 0 atom stereocenters. The van der Waals surface area contributed by atoms with Crippen LogP contribution in [0.15, 0.2) is 28.7 Å². The molecule has 1 heterocycles. The van der Waals surface area contributed by atoms with Crippen molar-refractivity contribution in [2.75, 3.05) is 5.32 Å². The molecule has 2 rings (SSSR count). The first-order chi connectivity index (χ1) is 7.65. The topological polar surface area (TPSA) is 72.2 Å². The number of hydrogen-bond acceptors (Lipinski definition) is 4. The van der Waals surface area contributed by atoms with Gasteiger partial charge in [0.15, 0.2) is 5.58 Å². The SMILES string of the molecule is CC(=O)CC(=O)Nc1nc2ccccc2o1. The van der Waals surface area contributed by atoms with Crippen molar-refractivity contribution in [2.45, 2.75) is 13.3 Å². The van der Waals surface area contributed by atoms with Gasteiger partial charge in [0.25, 0.3) is 0 Å². The van der Waals surface area contributed by atoms with Crippen molar-refractivity contribution in [3.8, 4) is 0 Å². The van der Waals surface area contributed by atoms with Crippen molar-refractivity contribution in [3.05, 3.63) is 24.3 Å².